The molecule has 0 saturated carbocycles. The molecule has 0 saturated heterocycles. The van der Waals surface area contributed by atoms with Crippen molar-refractivity contribution < 1.29 is 217 Å². The van der Waals surface area contributed by atoms with E-state index in [1.54, 1.807) is 59.0 Å². The van der Waals surface area contributed by atoms with Gasteiger partial charge in [-0.05, 0) is 288 Å². The molecule has 0 heterocycles. The van der Waals surface area contributed by atoms with Crippen LogP contribution in [0.5, 0.6) is 17.2 Å². The first-order valence-electron chi connectivity index (χ1n) is 36.2. The molecule has 768 valence electrons. The maximum atomic E-state index is 13.3. The number of phenols is 1. The number of halogens is 17. The first-order valence-corrected chi connectivity index (χ1v) is 51.6. The third kappa shape index (κ3) is 35.8. The minimum atomic E-state index is -6.23. The predicted octanol–water partition coefficient (Wildman–Crippen LogP) is 13.2. The summed E-state index contributed by atoms with van der Waals surface area (Å²) in [5.41, 5.74) is -11.3. The van der Waals surface area contributed by atoms with E-state index in [4.69, 9.17) is 37.9 Å². The van der Waals surface area contributed by atoms with Crippen molar-refractivity contribution in [1.82, 2.24) is 0 Å². The minimum Gasteiger partial charge on any atom is -0.743 e. The summed E-state index contributed by atoms with van der Waals surface area (Å²) in [4.78, 5) is 164. The summed E-state index contributed by atoms with van der Waals surface area (Å²) in [6.07, 6.45) is 0. The Morgan fingerprint density at radius 1 is 0.289 bits per heavy atom. The number of nitro benzene ring substituents is 4. The highest BCUT2D eigenvalue weighted by atomic mass is 127. The molecule has 8 rings (SSSR count). The van der Waals surface area contributed by atoms with Crippen LogP contribution in [-0.4, -0.2) is 237 Å². The minimum absolute atomic E-state index is 0.116. The van der Waals surface area contributed by atoms with Crippen molar-refractivity contribution in [3.05, 3.63) is 262 Å². The molecule has 0 aliphatic heterocycles. The number of hydrogen-bond acceptors (Lipinski definition) is 43. The summed E-state index contributed by atoms with van der Waals surface area (Å²) in [7, 11) is -24.8. The van der Waals surface area contributed by atoms with E-state index in [9.17, 15) is 181 Å². The SMILES string of the molecule is O=C(OCCOC(=O)c1cccc([N+](=O)[O-])c1C(=O)OCC(F)(F)S(=O)(=O)[O-])c1cc(I)cc(I)c1I.O=C(OCCOC(=O)c1cccc([N+](=O)[O-])c1C(=O)OCC(F)(F)S(=O)(=O)[O-])c1cc(I)cc(I)c1O.O=C(OCCOc1c(I)cc(I)cc1I)c1cccc([N+](=O)[O-])c1C(=O)OCC(F)(F)S(=O)(=O)[O-].O=C(OCCOc1ccc(I)cc1)c1cccc([N+](=O)[O-])c1C(=O)OCC(F)(F)S(=O)(=O)[O-]. The van der Waals surface area contributed by atoms with E-state index in [2.05, 4.69) is 109 Å². The summed E-state index contributed by atoms with van der Waals surface area (Å²) in [6.45, 7) is -12.0. The predicted molar refractivity (Wildman–Crippen MR) is 527 cm³/mol. The molecule has 0 aromatic heterocycles. The zero-order valence-electron chi connectivity index (χ0n) is 68.6. The summed E-state index contributed by atoms with van der Waals surface area (Å²) in [6, 6.07) is 27.6. The third-order valence-electron chi connectivity index (χ3n) is 16.1. The second kappa shape index (κ2) is 54.0. The van der Waals surface area contributed by atoms with Gasteiger partial charge < -0.3 is 80.2 Å². The number of phenolic OH excluding ortho intramolecular Hbond substituents is 1. The summed E-state index contributed by atoms with van der Waals surface area (Å²) < 4.78 is 297. The molecular formula is C74H47F8I9N4O43S4-4. The topological polar surface area (TPSA) is 703 Å². The summed E-state index contributed by atoms with van der Waals surface area (Å²) in [5.74, 6) is -13.6. The average molecular weight is 3100 g/mol. The number of esters is 10. The Morgan fingerprint density at radius 2 is 0.521 bits per heavy atom. The Hall–Kier alpha value is -8.89. The Kier molecular flexibility index (Phi) is 47.0. The zero-order chi connectivity index (χ0) is 108. The molecule has 0 radical (unpaired) electrons. The van der Waals surface area contributed by atoms with Crippen LogP contribution in [-0.2, 0) is 87.8 Å². The van der Waals surface area contributed by atoms with E-state index < -0.39 is 261 Å². The number of nitro groups is 4. The van der Waals surface area contributed by atoms with Crippen LogP contribution < -0.4 is 9.47 Å². The molecule has 1 N–H and O–H groups in total. The molecule has 0 aliphatic rings. The van der Waals surface area contributed by atoms with Crippen molar-refractivity contribution >= 4 is 326 Å². The fourth-order valence-corrected chi connectivity index (χ4v) is 19.0. The second-order valence-corrected chi connectivity index (χ2v) is 42.4. The maximum Gasteiger partial charge on any atom is 0.367 e. The van der Waals surface area contributed by atoms with Gasteiger partial charge >= 0.3 is 80.7 Å². The summed E-state index contributed by atoms with van der Waals surface area (Å²) >= 11 is 18.0. The molecular weight excluding hydrogens is 3060 g/mol. The van der Waals surface area contributed by atoms with Gasteiger partial charge in [-0.25, -0.2) is 81.6 Å². The molecule has 0 spiro atoms. The van der Waals surface area contributed by atoms with E-state index in [0.717, 1.165) is 94.2 Å². The number of aromatic hydroxyl groups is 1. The molecule has 0 unspecified atom stereocenters. The normalized spacial score (nSPS) is 11.5. The van der Waals surface area contributed by atoms with Crippen LogP contribution in [0.15, 0.2) is 133 Å². The molecule has 0 bridgehead atoms. The van der Waals surface area contributed by atoms with Gasteiger partial charge in [0.1, 0.15) is 75.7 Å². The number of hydrogen-bond donors (Lipinski definition) is 1. The molecule has 0 amide bonds. The van der Waals surface area contributed by atoms with E-state index in [1.807, 2.05) is 109 Å². The quantitative estimate of drug-likeness (QED) is 0.00429. The van der Waals surface area contributed by atoms with Gasteiger partial charge in [0, 0.05) is 45.7 Å². The fourth-order valence-electron chi connectivity index (χ4n) is 9.68. The average Bonchev–Trinajstić information content (AvgIpc) is 0.798. The highest BCUT2D eigenvalue weighted by molar-refractivity contribution is 14.1. The van der Waals surface area contributed by atoms with Crippen LogP contribution in [0.25, 0.3) is 0 Å². The lowest BCUT2D eigenvalue weighted by molar-refractivity contribution is -0.385. The molecule has 8 aromatic carbocycles. The number of carbonyl (C=O) groups is 10. The van der Waals surface area contributed by atoms with Crippen molar-refractivity contribution in [1.29, 1.82) is 0 Å². The van der Waals surface area contributed by atoms with Crippen molar-refractivity contribution in [2.45, 2.75) is 21.0 Å². The second-order valence-electron chi connectivity index (χ2n) is 25.7. The van der Waals surface area contributed by atoms with Crippen molar-refractivity contribution in [3.63, 3.8) is 0 Å². The van der Waals surface area contributed by atoms with Gasteiger partial charge in [-0.1, -0.05) is 24.3 Å². The molecule has 47 nitrogen and oxygen atoms in total. The highest BCUT2D eigenvalue weighted by Crippen LogP contribution is 2.36. The van der Waals surface area contributed by atoms with Crippen molar-refractivity contribution in [3.8, 4) is 17.2 Å². The number of carbonyl (C=O) groups excluding carboxylic acids is 10. The van der Waals surface area contributed by atoms with Gasteiger partial charge in [-0.3, -0.25) is 40.5 Å². The third-order valence-corrected chi connectivity index (χ3v) is 27.5. The summed E-state index contributed by atoms with van der Waals surface area (Å²) in [5, 5.41) is 35.0. The Bertz CT molecular complexity index is 6520. The van der Waals surface area contributed by atoms with Crippen LogP contribution >= 0.6 is 203 Å². The van der Waals surface area contributed by atoms with Crippen LogP contribution in [0.4, 0.5) is 57.9 Å². The number of rotatable bonds is 40. The van der Waals surface area contributed by atoms with E-state index >= 15 is 0 Å². The van der Waals surface area contributed by atoms with Gasteiger partial charge in [-0.2, -0.15) is 35.1 Å². The maximum absolute atomic E-state index is 13.3. The number of ether oxygens (including phenoxy) is 12. The van der Waals surface area contributed by atoms with Crippen LogP contribution in [0.2, 0.25) is 0 Å². The van der Waals surface area contributed by atoms with Crippen molar-refractivity contribution in [2.75, 3.05) is 79.3 Å². The van der Waals surface area contributed by atoms with Crippen LogP contribution in [0.3, 0.4) is 0 Å². The lowest BCUT2D eigenvalue weighted by Gasteiger charge is -2.19. The molecule has 0 aliphatic carbocycles. The van der Waals surface area contributed by atoms with Gasteiger partial charge in [0.15, 0.2) is 89.2 Å². The van der Waals surface area contributed by atoms with E-state index in [0.29, 0.717) is 22.2 Å². The first kappa shape index (κ1) is 124. The molecule has 0 atom stereocenters. The van der Waals surface area contributed by atoms with Crippen molar-refractivity contribution in [2.24, 2.45) is 0 Å². The van der Waals surface area contributed by atoms with E-state index in [1.165, 1.54) is 6.07 Å². The molecule has 0 fully saturated rings. The molecule has 68 heteroatoms. The Labute approximate surface area is 911 Å². The Balaban J connectivity index is 0.000000334. The van der Waals surface area contributed by atoms with Gasteiger partial charge in [0.2, 0.25) is 0 Å². The van der Waals surface area contributed by atoms with Gasteiger partial charge in [0.25, 0.3) is 22.7 Å². The van der Waals surface area contributed by atoms with Gasteiger partial charge in [-0.15, -0.1) is 0 Å². The monoisotopic (exact) mass is 3100 g/mol. The lowest BCUT2D eigenvalue weighted by Crippen LogP contribution is -2.35. The number of nitrogens with zero attached hydrogens (tertiary/aromatic N) is 4. The zero-order valence-corrected chi connectivity index (χ0v) is 91.3. The molecule has 8 aromatic rings. The Morgan fingerprint density at radius 3 is 0.796 bits per heavy atom. The van der Waals surface area contributed by atoms with E-state index in [-0.39, 0.29) is 43.3 Å². The lowest BCUT2D eigenvalue weighted by atomic mass is 10.1. The first-order chi connectivity index (χ1) is 65.6. The number of benzene rings is 8. The molecule has 142 heavy (non-hydrogen) atoms. The fraction of sp³-hybridized carbons (Fsp3) is 0.216. The smallest absolute Gasteiger partial charge is 0.367 e. The largest absolute Gasteiger partial charge is 0.743 e. The standard InChI is InChI=1S/C19H12F2I3NO11S.C19H13F2I2NO12S.C18H12F2I3NO10S.C18H14F2INO10S/c20-19(21,37(31,32)33)8-36-18(28)14-10(2-1-3-13(14)25(29)30)16(26)34-4-5-35-17(27)11-6-9(22)7-12(23)15(11)24;20-19(21,37(31,32)33)8-36-18(28)14-10(2-1-3-13(14)24(29)30)16(26)34-4-5-35-17(27)11-6-9(22)7-12(23)15(11)25;19-18(20,35(29,30)31)8-34-17(26)14-10(2-1-3-13(14)24(27)28)16(25)33-5-4-32-15-11(22)6-9(21)7-12(15)23;19-18(20,33(27,28)29)10-32-17(24)15-13(2-1-3-14(15)22(25)26)16(23)31-9-8-30-12-6-4-11(21)5-7-12/h1-3,6-7H,4-5,8H2,(H,31,32,33);1-3,6-7,25H,4-5,8H2,(H,31,32,33);1-3,6-7H,4-5,8H2,(H,29,30,31);1-7H,8-10H2,(H,27,28,29)/p-4. The van der Waals surface area contributed by atoms with Gasteiger partial charge in [0.05, 0.1) is 58.2 Å². The van der Waals surface area contributed by atoms with Crippen LogP contribution in [0.1, 0.15) is 104 Å². The van der Waals surface area contributed by atoms with Crippen LogP contribution in [0, 0.1) is 72.6 Å². The highest BCUT2D eigenvalue weighted by Gasteiger charge is 2.46. The number of alkyl halides is 8.